The summed E-state index contributed by atoms with van der Waals surface area (Å²) >= 11 is 0. The topological polar surface area (TPSA) is 38.2 Å². The molecule has 1 aromatic rings. The van der Waals surface area contributed by atoms with E-state index in [9.17, 15) is 0 Å². The summed E-state index contributed by atoms with van der Waals surface area (Å²) in [5, 5.41) is 0. The maximum atomic E-state index is 5.42. The van der Waals surface area contributed by atoms with E-state index in [4.69, 9.17) is 4.74 Å². The molecule has 0 unspecified atom stereocenters. The molecule has 4 heteroatoms. The van der Waals surface area contributed by atoms with Gasteiger partial charge in [-0.25, -0.2) is 9.97 Å². The Kier molecular flexibility index (Phi) is 4.24. The van der Waals surface area contributed by atoms with E-state index < -0.39 is 0 Å². The molecule has 0 aliphatic rings. The van der Waals surface area contributed by atoms with E-state index in [1.807, 2.05) is 26.5 Å². The number of hydrogen-bond acceptors (Lipinski definition) is 4. The van der Waals surface area contributed by atoms with Gasteiger partial charge in [0.25, 0.3) is 0 Å². The van der Waals surface area contributed by atoms with Crippen LogP contribution in [0.5, 0.6) is 6.01 Å². The SMILES string of the molecule is CN(C)CCOc1ncc(C(C)(C)C)cn1. The third kappa shape index (κ3) is 4.14. The molecule has 0 bridgehead atoms. The smallest absolute Gasteiger partial charge is 0.316 e. The van der Waals surface area contributed by atoms with Crippen molar-refractivity contribution in [2.45, 2.75) is 26.2 Å². The van der Waals surface area contributed by atoms with Gasteiger partial charge in [0.15, 0.2) is 0 Å². The first-order valence-electron chi connectivity index (χ1n) is 5.49. The average Bonchev–Trinajstić information content (AvgIpc) is 2.16. The molecule has 0 aliphatic carbocycles. The number of hydrogen-bond donors (Lipinski definition) is 0. The standard InChI is InChI=1S/C12H21N3O/c1-12(2,3)10-8-13-11(14-9-10)16-7-6-15(4)5/h8-9H,6-7H2,1-5H3. The summed E-state index contributed by atoms with van der Waals surface area (Å²) in [6.45, 7) is 7.89. The largest absolute Gasteiger partial charge is 0.462 e. The first kappa shape index (κ1) is 12.9. The third-order valence-electron chi connectivity index (χ3n) is 2.26. The van der Waals surface area contributed by atoms with E-state index in [0.29, 0.717) is 12.6 Å². The number of rotatable bonds is 4. The predicted molar refractivity (Wildman–Crippen MR) is 64.8 cm³/mol. The van der Waals surface area contributed by atoms with Gasteiger partial charge in [-0.1, -0.05) is 20.8 Å². The van der Waals surface area contributed by atoms with Crippen LogP contribution in [0.25, 0.3) is 0 Å². The Hall–Kier alpha value is -1.16. The first-order valence-corrected chi connectivity index (χ1v) is 5.49. The normalized spacial score (nSPS) is 11.9. The second kappa shape index (κ2) is 5.25. The molecule has 0 saturated heterocycles. The summed E-state index contributed by atoms with van der Waals surface area (Å²) in [7, 11) is 4.01. The minimum absolute atomic E-state index is 0.0855. The lowest BCUT2D eigenvalue weighted by molar-refractivity contribution is 0.245. The van der Waals surface area contributed by atoms with Crippen LogP contribution < -0.4 is 4.74 Å². The van der Waals surface area contributed by atoms with Gasteiger partial charge < -0.3 is 9.64 Å². The van der Waals surface area contributed by atoms with Gasteiger partial charge in [-0.2, -0.15) is 0 Å². The van der Waals surface area contributed by atoms with Crippen LogP contribution in [0.4, 0.5) is 0 Å². The molecule has 1 aromatic heterocycles. The second-order valence-corrected chi connectivity index (χ2v) is 5.16. The minimum atomic E-state index is 0.0855. The molecule has 0 aliphatic heterocycles. The second-order valence-electron chi connectivity index (χ2n) is 5.16. The van der Waals surface area contributed by atoms with Gasteiger partial charge in [0.1, 0.15) is 6.61 Å². The summed E-state index contributed by atoms with van der Waals surface area (Å²) < 4.78 is 5.42. The van der Waals surface area contributed by atoms with Crippen molar-refractivity contribution in [1.82, 2.24) is 14.9 Å². The minimum Gasteiger partial charge on any atom is -0.462 e. The highest BCUT2D eigenvalue weighted by molar-refractivity contribution is 5.16. The van der Waals surface area contributed by atoms with Crippen LogP contribution in [0.15, 0.2) is 12.4 Å². The molecule has 90 valence electrons. The van der Waals surface area contributed by atoms with E-state index in [-0.39, 0.29) is 5.41 Å². The van der Waals surface area contributed by atoms with Gasteiger partial charge >= 0.3 is 6.01 Å². The number of nitrogens with zero attached hydrogens (tertiary/aromatic N) is 3. The maximum Gasteiger partial charge on any atom is 0.316 e. The van der Waals surface area contributed by atoms with Gasteiger partial charge in [0.2, 0.25) is 0 Å². The lowest BCUT2D eigenvalue weighted by Crippen LogP contribution is -2.20. The zero-order chi connectivity index (χ0) is 12.2. The van der Waals surface area contributed by atoms with Gasteiger partial charge in [-0.3, -0.25) is 0 Å². The van der Waals surface area contributed by atoms with Crippen LogP contribution in [0.3, 0.4) is 0 Å². The monoisotopic (exact) mass is 223 g/mol. The Morgan fingerprint density at radius 1 is 1.19 bits per heavy atom. The molecule has 4 nitrogen and oxygen atoms in total. The zero-order valence-electron chi connectivity index (χ0n) is 10.8. The van der Waals surface area contributed by atoms with E-state index in [1.165, 1.54) is 0 Å². The Labute approximate surface area is 97.7 Å². The van der Waals surface area contributed by atoms with Crippen molar-refractivity contribution in [3.05, 3.63) is 18.0 Å². The molecule has 1 rings (SSSR count). The van der Waals surface area contributed by atoms with Crippen molar-refractivity contribution in [1.29, 1.82) is 0 Å². The molecule has 1 heterocycles. The molecule has 0 radical (unpaired) electrons. The van der Waals surface area contributed by atoms with Crippen molar-refractivity contribution in [2.24, 2.45) is 0 Å². The van der Waals surface area contributed by atoms with Crippen molar-refractivity contribution < 1.29 is 4.74 Å². The van der Waals surface area contributed by atoms with Crippen molar-refractivity contribution in [2.75, 3.05) is 27.2 Å². The highest BCUT2D eigenvalue weighted by atomic mass is 16.5. The van der Waals surface area contributed by atoms with Crippen LogP contribution >= 0.6 is 0 Å². The molecule has 0 atom stereocenters. The zero-order valence-corrected chi connectivity index (χ0v) is 10.8. The number of aromatic nitrogens is 2. The van der Waals surface area contributed by atoms with Crippen molar-refractivity contribution in [3.8, 4) is 6.01 Å². The van der Waals surface area contributed by atoms with Gasteiger partial charge in [0.05, 0.1) is 0 Å². The molecule has 0 N–H and O–H groups in total. The van der Waals surface area contributed by atoms with Gasteiger partial charge in [-0.15, -0.1) is 0 Å². The molecule has 0 saturated carbocycles. The Balaban J connectivity index is 2.52. The molecule has 0 amide bonds. The van der Waals surface area contributed by atoms with Crippen LogP contribution in [-0.2, 0) is 5.41 Å². The summed E-state index contributed by atoms with van der Waals surface area (Å²) in [5.74, 6) is 0. The Morgan fingerprint density at radius 3 is 2.19 bits per heavy atom. The lowest BCUT2D eigenvalue weighted by Gasteiger charge is -2.17. The molecule has 0 aromatic carbocycles. The molecule has 0 spiro atoms. The number of ether oxygens (including phenoxy) is 1. The van der Waals surface area contributed by atoms with Crippen LogP contribution in [-0.4, -0.2) is 42.1 Å². The number of likely N-dealkylation sites (N-methyl/N-ethyl adjacent to an activating group) is 1. The molecular weight excluding hydrogens is 202 g/mol. The van der Waals surface area contributed by atoms with E-state index in [1.54, 1.807) is 0 Å². The molecule has 16 heavy (non-hydrogen) atoms. The quantitative estimate of drug-likeness (QED) is 0.779. The summed E-state index contributed by atoms with van der Waals surface area (Å²) in [4.78, 5) is 10.4. The average molecular weight is 223 g/mol. The highest BCUT2D eigenvalue weighted by Crippen LogP contribution is 2.20. The summed E-state index contributed by atoms with van der Waals surface area (Å²) in [6, 6.07) is 0.454. The van der Waals surface area contributed by atoms with Crippen LogP contribution in [0, 0.1) is 0 Å². The lowest BCUT2D eigenvalue weighted by atomic mass is 9.89. The Morgan fingerprint density at radius 2 is 1.75 bits per heavy atom. The van der Waals surface area contributed by atoms with Crippen molar-refractivity contribution >= 4 is 0 Å². The molecule has 0 fully saturated rings. The molecular formula is C12H21N3O. The van der Waals surface area contributed by atoms with E-state index in [0.717, 1.165) is 12.1 Å². The third-order valence-corrected chi connectivity index (χ3v) is 2.26. The fourth-order valence-electron chi connectivity index (χ4n) is 1.10. The van der Waals surface area contributed by atoms with E-state index in [2.05, 4.69) is 35.6 Å². The van der Waals surface area contributed by atoms with Crippen molar-refractivity contribution in [3.63, 3.8) is 0 Å². The van der Waals surface area contributed by atoms with Gasteiger partial charge in [-0.05, 0) is 25.1 Å². The highest BCUT2D eigenvalue weighted by Gasteiger charge is 2.14. The van der Waals surface area contributed by atoms with E-state index >= 15 is 0 Å². The summed E-state index contributed by atoms with van der Waals surface area (Å²) in [5.41, 5.74) is 1.20. The Bertz CT molecular complexity index is 314. The predicted octanol–water partition coefficient (Wildman–Crippen LogP) is 1.71. The maximum absolute atomic E-state index is 5.42. The fourth-order valence-corrected chi connectivity index (χ4v) is 1.10. The van der Waals surface area contributed by atoms with Crippen LogP contribution in [0.2, 0.25) is 0 Å². The first-order chi connectivity index (χ1) is 7.39. The van der Waals surface area contributed by atoms with Crippen LogP contribution in [0.1, 0.15) is 26.3 Å². The fraction of sp³-hybridized carbons (Fsp3) is 0.667. The summed E-state index contributed by atoms with van der Waals surface area (Å²) in [6.07, 6.45) is 3.66. The van der Waals surface area contributed by atoms with Gasteiger partial charge in [0, 0.05) is 18.9 Å².